The van der Waals surface area contributed by atoms with Gasteiger partial charge in [0.2, 0.25) is 11.6 Å². The van der Waals surface area contributed by atoms with Crippen LogP contribution in [0.5, 0.6) is 0 Å². The van der Waals surface area contributed by atoms with E-state index >= 15 is 0 Å². The monoisotopic (exact) mass is 961 g/mol. The number of unbranched alkanes of at least 4 members (excludes halogenated alkanes) is 12. The van der Waals surface area contributed by atoms with E-state index in [1.54, 1.807) is 0 Å². The molecule has 4 heteroatoms. The number of carbonyl (C=O) groups is 2. The number of Topliss-reactive ketones (excluding diaryl/α,β-unsaturated/α-hetero) is 2. The smallest absolute Gasteiger partial charge is 0.233 e. The standard InChI is InChI=1S/C68H84N2O2/c1-9-13-17-21-41-67(42-22-18-14-10-2)57-45-49(5)25-37-61(57)69(62-38-26-50(6)46-58(62)67)55-33-29-53(30-34-55)65(71)66(72)54-31-35-56(36-32-54)70-63-39-27-51(7)47-59(63)68(43-23-19-15-11-3,44-24-20-16-12-4)60-48-52(8)28-40-64(60)70/h25-40,45-48H,9-24,41-44H2,1-8H3. The van der Waals surface area contributed by atoms with Crippen molar-refractivity contribution in [1.29, 1.82) is 0 Å². The van der Waals surface area contributed by atoms with Crippen molar-refractivity contribution in [3.8, 4) is 0 Å². The fourth-order valence-electron chi connectivity index (χ4n) is 12.5. The fraction of sp³-hybridized carbons (Fsp3) is 0.441. The summed E-state index contributed by atoms with van der Waals surface area (Å²) in [6, 6.07) is 43.6. The minimum atomic E-state index is -0.492. The molecule has 0 saturated carbocycles. The van der Waals surface area contributed by atoms with E-state index in [1.165, 1.54) is 170 Å². The zero-order chi connectivity index (χ0) is 50.8. The maximum Gasteiger partial charge on any atom is 0.233 e. The summed E-state index contributed by atoms with van der Waals surface area (Å²) in [5.74, 6) is -0.984. The van der Waals surface area contributed by atoms with Crippen LogP contribution in [0.2, 0.25) is 0 Å². The Morgan fingerprint density at radius 1 is 0.333 bits per heavy atom. The van der Waals surface area contributed by atoms with Gasteiger partial charge >= 0.3 is 0 Å². The molecule has 8 rings (SSSR count). The number of benzene rings is 6. The molecular weight excluding hydrogens is 877 g/mol. The van der Waals surface area contributed by atoms with Gasteiger partial charge in [-0.05, 0) is 148 Å². The third kappa shape index (κ3) is 10.8. The van der Waals surface area contributed by atoms with Crippen LogP contribution in [0.15, 0.2) is 121 Å². The third-order valence-electron chi connectivity index (χ3n) is 16.4. The molecule has 6 aromatic rings. The lowest BCUT2D eigenvalue weighted by molar-refractivity contribution is 0.0817. The van der Waals surface area contributed by atoms with Crippen molar-refractivity contribution in [2.24, 2.45) is 0 Å². The lowest BCUT2D eigenvalue weighted by atomic mass is 9.64. The van der Waals surface area contributed by atoms with E-state index in [1.807, 2.05) is 48.5 Å². The fourth-order valence-corrected chi connectivity index (χ4v) is 12.5. The normalized spacial score (nSPS) is 14.1. The van der Waals surface area contributed by atoms with Crippen molar-refractivity contribution in [3.05, 3.63) is 177 Å². The Morgan fingerprint density at radius 3 is 0.819 bits per heavy atom. The van der Waals surface area contributed by atoms with Crippen molar-refractivity contribution in [2.45, 2.75) is 195 Å². The molecule has 2 heterocycles. The average molecular weight is 961 g/mol. The van der Waals surface area contributed by atoms with Gasteiger partial charge in [-0.15, -0.1) is 0 Å². The molecule has 0 spiro atoms. The second-order valence-corrected chi connectivity index (χ2v) is 21.9. The predicted molar refractivity (Wildman–Crippen MR) is 306 cm³/mol. The highest BCUT2D eigenvalue weighted by Crippen LogP contribution is 2.58. The highest BCUT2D eigenvalue weighted by atomic mass is 16.2. The molecule has 2 aliphatic rings. The van der Waals surface area contributed by atoms with Gasteiger partial charge in [-0.25, -0.2) is 0 Å². The van der Waals surface area contributed by atoms with Gasteiger partial charge in [0.25, 0.3) is 0 Å². The van der Waals surface area contributed by atoms with Gasteiger partial charge in [0.05, 0.1) is 22.7 Å². The lowest BCUT2D eigenvalue weighted by Crippen LogP contribution is -2.36. The molecule has 0 aromatic heterocycles. The largest absolute Gasteiger partial charge is 0.310 e. The topological polar surface area (TPSA) is 40.6 Å². The SMILES string of the molecule is CCCCCCC1(CCCCCC)c2cc(C)ccc2N(c2ccc(C(=O)C(=O)c3ccc(N4c5ccc(C)cc5C(CCCCCC)(CCCCCC)c5cc(C)ccc54)cc3)cc2)c2ccc(C)cc21. The van der Waals surface area contributed by atoms with E-state index in [4.69, 9.17) is 0 Å². The number of anilines is 6. The van der Waals surface area contributed by atoms with Gasteiger partial charge in [-0.2, -0.15) is 0 Å². The molecule has 6 aromatic carbocycles. The highest BCUT2D eigenvalue weighted by molar-refractivity contribution is 6.49. The molecule has 4 nitrogen and oxygen atoms in total. The zero-order valence-electron chi connectivity index (χ0n) is 45.4. The Hall–Kier alpha value is -5.74. The maximum atomic E-state index is 14.2. The molecule has 0 fully saturated rings. The van der Waals surface area contributed by atoms with E-state index in [0.717, 1.165) is 37.1 Å². The van der Waals surface area contributed by atoms with E-state index < -0.39 is 11.6 Å². The van der Waals surface area contributed by atoms with Crippen molar-refractivity contribution in [1.82, 2.24) is 0 Å². The zero-order valence-corrected chi connectivity index (χ0v) is 45.4. The van der Waals surface area contributed by atoms with Crippen LogP contribution in [-0.4, -0.2) is 11.6 Å². The first-order valence-electron chi connectivity index (χ1n) is 28.3. The molecule has 2 aliphatic heterocycles. The summed E-state index contributed by atoms with van der Waals surface area (Å²) in [6.45, 7) is 18.1. The van der Waals surface area contributed by atoms with Crippen LogP contribution < -0.4 is 9.80 Å². The summed E-state index contributed by atoms with van der Waals surface area (Å²) in [7, 11) is 0. The number of fused-ring (bicyclic) bond motifs is 4. The second-order valence-electron chi connectivity index (χ2n) is 21.9. The summed E-state index contributed by atoms with van der Waals surface area (Å²) in [5.41, 5.74) is 18.3. The Labute approximate surface area is 434 Å². The first-order valence-corrected chi connectivity index (χ1v) is 28.3. The molecule has 0 radical (unpaired) electrons. The molecule has 0 bridgehead atoms. The predicted octanol–water partition coefficient (Wildman–Crippen LogP) is 20.0. The number of hydrogen-bond acceptors (Lipinski definition) is 4. The maximum absolute atomic E-state index is 14.2. The molecule has 378 valence electrons. The molecule has 0 aliphatic carbocycles. The Bertz CT molecular complexity index is 2470. The molecular formula is C68H84N2O2. The summed E-state index contributed by atoms with van der Waals surface area (Å²) in [4.78, 5) is 33.2. The van der Waals surface area contributed by atoms with Gasteiger partial charge in [-0.3, -0.25) is 9.59 Å². The van der Waals surface area contributed by atoms with Crippen LogP contribution in [0.25, 0.3) is 0 Å². The highest BCUT2D eigenvalue weighted by Gasteiger charge is 2.45. The Balaban J connectivity index is 1.09. The number of nitrogens with zero attached hydrogens (tertiary/aromatic N) is 2. The molecule has 0 atom stereocenters. The average Bonchev–Trinajstić information content (AvgIpc) is 3.39. The van der Waals surface area contributed by atoms with E-state index in [9.17, 15) is 9.59 Å². The van der Waals surface area contributed by atoms with Gasteiger partial charge in [0.1, 0.15) is 0 Å². The van der Waals surface area contributed by atoms with Crippen molar-refractivity contribution in [3.63, 3.8) is 0 Å². The molecule has 0 unspecified atom stereocenters. The van der Waals surface area contributed by atoms with Crippen molar-refractivity contribution < 1.29 is 9.59 Å². The minimum Gasteiger partial charge on any atom is -0.310 e. The van der Waals surface area contributed by atoms with Crippen LogP contribution >= 0.6 is 0 Å². The van der Waals surface area contributed by atoms with Gasteiger partial charge in [0.15, 0.2) is 0 Å². The van der Waals surface area contributed by atoms with Crippen LogP contribution in [-0.2, 0) is 10.8 Å². The van der Waals surface area contributed by atoms with Crippen LogP contribution in [0.1, 0.15) is 221 Å². The van der Waals surface area contributed by atoms with Gasteiger partial charge in [-0.1, -0.05) is 201 Å². The van der Waals surface area contributed by atoms with Gasteiger partial charge in [0, 0.05) is 33.3 Å². The first-order chi connectivity index (χ1) is 35.0. The summed E-state index contributed by atoms with van der Waals surface area (Å²) >= 11 is 0. The van der Waals surface area contributed by atoms with E-state index in [2.05, 4.69) is 138 Å². The second kappa shape index (κ2) is 23.9. The van der Waals surface area contributed by atoms with Crippen LogP contribution in [0, 0.1) is 27.7 Å². The number of carbonyl (C=O) groups excluding carboxylic acids is 2. The minimum absolute atomic E-state index is 0.0796. The molecule has 0 amide bonds. The van der Waals surface area contributed by atoms with Crippen LogP contribution in [0.4, 0.5) is 34.1 Å². The Morgan fingerprint density at radius 2 is 0.583 bits per heavy atom. The summed E-state index contributed by atoms with van der Waals surface area (Å²) < 4.78 is 0. The van der Waals surface area contributed by atoms with E-state index in [-0.39, 0.29) is 10.8 Å². The first kappa shape index (κ1) is 52.6. The quantitative estimate of drug-likeness (QED) is 0.0326. The summed E-state index contributed by atoms with van der Waals surface area (Å²) in [5, 5.41) is 0. The molecule has 0 saturated heterocycles. The number of aryl methyl sites for hydroxylation is 4. The summed E-state index contributed by atoms with van der Waals surface area (Å²) in [6.07, 6.45) is 24.3. The third-order valence-corrected chi connectivity index (χ3v) is 16.4. The van der Waals surface area contributed by atoms with Crippen molar-refractivity contribution in [2.75, 3.05) is 9.80 Å². The number of rotatable bonds is 25. The lowest BCUT2D eigenvalue weighted by Gasteiger charge is -2.46. The Kier molecular flexibility index (Phi) is 17.4. The number of hydrogen-bond donors (Lipinski definition) is 0. The van der Waals surface area contributed by atoms with Crippen molar-refractivity contribution >= 4 is 45.7 Å². The van der Waals surface area contributed by atoms with Gasteiger partial charge < -0.3 is 9.80 Å². The number of ketones is 2. The molecule has 0 N–H and O–H groups in total. The van der Waals surface area contributed by atoms with E-state index in [0.29, 0.717) is 11.1 Å². The molecule has 72 heavy (non-hydrogen) atoms. The van der Waals surface area contributed by atoms with Crippen LogP contribution in [0.3, 0.4) is 0 Å².